The fourth-order valence-corrected chi connectivity index (χ4v) is 8.70. The third-order valence-electron chi connectivity index (χ3n) is 11.6. The van der Waals surface area contributed by atoms with Gasteiger partial charge >= 0.3 is 12.1 Å². The van der Waals surface area contributed by atoms with Crippen LogP contribution < -0.4 is 10.6 Å². The first-order valence-electron chi connectivity index (χ1n) is 22.4. The molecule has 7 rings (SSSR count). The highest BCUT2D eigenvalue weighted by atomic mass is 16.6. The van der Waals surface area contributed by atoms with E-state index in [9.17, 15) is 28.8 Å². The molecule has 2 fully saturated rings. The number of nitrogens with zero attached hydrogens (tertiary/aromatic N) is 2. The molecule has 66 heavy (non-hydrogen) atoms. The number of hydrogen-bond donors (Lipinski definition) is 3. The number of alkyl carbamates (subject to hydrolysis) is 1. The van der Waals surface area contributed by atoms with Gasteiger partial charge in [-0.15, -0.1) is 0 Å². The molecule has 0 bridgehead atoms. The zero-order chi connectivity index (χ0) is 46.5. The van der Waals surface area contributed by atoms with Crippen molar-refractivity contribution in [2.24, 2.45) is 0 Å². The van der Waals surface area contributed by atoms with Crippen LogP contribution in [0, 0.1) is 0 Å². The quantitative estimate of drug-likeness (QED) is 0.0984. The first-order valence-corrected chi connectivity index (χ1v) is 22.4. The number of benzene rings is 4. The molecule has 2 aliphatic rings. The molecule has 0 saturated carbocycles. The second kappa shape index (κ2) is 20.6. The van der Waals surface area contributed by atoms with E-state index >= 15 is 0 Å². The van der Waals surface area contributed by atoms with Crippen LogP contribution in [0.1, 0.15) is 110 Å². The number of hydrogen-bond acceptors (Lipinski definition) is 8. The van der Waals surface area contributed by atoms with E-state index in [1.165, 1.54) is 0 Å². The Labute approximate surface area is 387 Å². The van der Waals surface area contributed by atoms with Crippen LogP contribution in [0.25, 0.3) is 22.2 Å². The largest absolute Gasteiger partial charge is 0.460 e. The topological polar surface area (TPSA) is 167 Å². The van der Waals surface area contributed by atoms with Gasteiger partial charge in [-0.2, -0.15) is 0 Å². The van der Waals surface area contributed by atoms with Crippen molar-refractivity contribution in [1.82, 2.24) is 20.1 Å². The molecule has 3 heterocycles. The van der Waals surface area contributed by atoms with Crippen LogP contribution in [0.5, 0.6) is 0 Å². The lowest BCUT2D eigenvalue weighted by Crippen LogP contribution is -2.48. The minimum atomic E-state index is -1.01. The number of esters is 1. The molecule has 2 aliphatic heterocycles. The number of carbonyl (C=O) groups excluding carboxylic acids is 6. The molecule has 3 N–H and O–H groups in total. The van der Waals surface area contributed by atoms with E-state index in [0.717, 1.165) is 27.7 Å². The summed E-state index contributed by atoms with van der Waals surface area (Å²) in [5.41, 5.74) is 3.87. The van der Waals surface area contributed by atoms with Gasteiger partial charge < -0.3 is 34.9 Å². The van der Waals surface area contributed by atoms with Gasteiger partial charge in [0.2, 0.25) is 11.8 Å². The second-order valence-corrected chi connectivity index (χ2v) is 18.9. The number of nitrogens with one attached hydrogen (secondary N) is 3. The predicted molar refractivity (Wildman–Crippen MR) is 255 cm³/mol. The summed E-state index contributed by atoms with van der Waals surface area (Å²) in [5.74, 6) is -2.26. The van der Waals surface area contributed by atoms with Crippen LogP contribution in [0.3, 0.4) is 0 Å². The lowest BCUT2D eigenvalue weighted by atomic mass is 9.93. The predicted octanol–water partition coefficient (Wildman–Crippen LogP) is 9.28. The number of carbonyl (C=O) groups is 6. The van der Waals surface area contributed by atoms with Gasteiger partial charge in [0, 0.05) is 41.8 Å². The number of H-pyrrole nitrogens is 1. The number of rotatable bonds is 13. The molecule has 4 aromatic carbocycles. The van der Waals surface area contributed by atoms with Crippen molar-refractivity contribution in [3.8, 4) is 11.3 Å². The third-order valence-corrected chi connectivity index (χ3v) is 11.6. The molecule has 13 heteroatoms. The molecule has 1 aromatic heterocycles. The zero-order valence-corrected chi connectivity index (χ0v) is 38.0. The minimum Gasteiger partial charge on any atom is -0.460 e. The van der Waals surface area contributed by atoms with Gasteiger partial charge in [-0.25, -0.2) is 4.79 Å². The third kappa shape index (κ3) is 12.1. The number of Topliss-reactive ketones (excluding diaryl/α,β-unsaturated/α-hetero) is 1. The number of amides is 4. The molecular formula is C53H63N5O8. The fourth-order valence-electron chi connectivity index (χ4n) is 8.70. The van der Waals surface area contributed by atoms with Gasteiger partial charge in [0.15, 0.2) is 5.78 Å². The number of aromatic amines is 1. The Morgan fingerprint density at radius 1 is 0.697 bits per heavy atom. The summed E-state index contributed by atoms with van der Waals surface area (Å²) >= 11 is 0. The van der Waals surface area contributed by atoms with Gasteiger partial charge in [0.25, 0.3) is 5.91 Å². The van der Waals surface area contributed by atoms with Crippen molar-refractivity contribution >= 4 is 52.2 Å². The summed E-state index contributed by atoms with van der Waals surface area (Å²) in [6.07, 6.45) is 1.67. The monoisotopic (exact) mass is 897 g/mol. The number of ketones is 1. The maximum atomic E-state index is 14.1. The van der Waals surface area contributed by atoms with Gasteiger partial charge in [-0.05, 0) is 120 Å². The van der Waals surface area contributed by atoms with Gasteiger partial charge in [-0.1, -0.05) is 86.3 Å². The Hall–Kier alpha value is -6.76. The standard InChI is InChI=1S/C52H59N5O8.CH4/c1-51(2,3)64-45(59)32-39(34-15-9-7-10-16-34)48(61)57-28-14-20-43(57)47(60)53-38-24-22-35(23-25-38)41-31-37-29-33(21-26-40(37)54-41)30-44(58)42-19-13-27-56(42)49(62)46(36-17-11-8-12-18-36)55-50(63)65-52(4,5)6;/h7-12,15-18,21-26,29,31,39,42-43,46,54H,13-14,19-20,27-28,30,32H2,1-6H3,(H,53,60)(H,55,63);1H4/t39-,42+,43+,46-;/m1./s1. The number of ether oxygens (including phenoxy) is 2. The SMILES string of the molecule is C.CC(C)(C)OC(=O)C[C@@H](C(=O)N1CCC[C@H]1C(=O)Nc1ccc(-c2cc3cc(CC(=O)[C@@H]4CCCN4C(=O)[C@H](NC(=O)OC(C)(C)C)c4ccccc4)ccc3[nH]2)cc1)c1ccccc1. The molecule has 0 aliphatic carbocycles. The molecule has 4 amide bonds. The fraction of sp³-hybridized carbons (Fsp3) is 0.396. The smallest absolute Gasteiger partial charge is 0.408 e. The summed E-state index contributed by atoms with van der Waals surface area (Å²) in [7, 11) is 0. The van der Waals surface area contributed by atoms with Crippen molar-refractivity contribution in [3.63, 3.8) is 0 Å². The van der Waals surface area contributed by atoms with E-state index in [-0.39, 0.29) is 43.8 Å². The molecule has 0 radical (unpaired) electrons. The lowest BCUT2D eigenvalue weighted by molar-refractivity contribution is -0.157. The number of aromatic nitrogens is 1. The lowest BCUT2D eigenvalue weighted by Gasteiger charge is -2.29. The van der Waals surface area contributed by atoms with Crippen molar-refractivity contribution in [3.05, 3.63) is 126 Å². The normalized spacial score (nSPS) is 17.1. The van der Waals surface area contributed by atoms with Gasteiger partial charge in [-0.3, -0.25) is 24.0 Å². The first-order chi connectivity index (χ1) is 30.9. The first kappa shape index (κ1) is 48.7. The number of anilines is 1. The van der Waals surface area contributed by atoms with E-state index in [1.54, 1.807) is 75.6 Å². The van der Waals surface area contributed by atoms with Crippen LogP contribution in [-0.4, -0.2) is 86.7 Å². The molecule has 4 atom stereocenters. The van der Waals surface area contributed by atoms with Gasteiger partial charge in [0.05, 0.1) is 18.4 Å². The highest BCUT2D eigenvalue weighted by Gasteiger charge is 2.40. The second-order valence-electron chi connectivity index (χ2n) is 18.9. The molecule has 13 nitrogen and oxygen atoms in total. The molecule has 0 unspecified atom stereocenters. The van der Waals surface area contributed by atoms with Crippen LogP contribution in [0.2, 0.25) is 0 Å². The van der Waals surface area contributed by atoms with E-state index in [1.807, 2.05) is 84.9 Å². The Morgan fingerprint density at radius 3 is 1.91 bits per heavy atom. The van der Waals surface area contributed by atoms with E-state index in [4.69, 9.17) is 9.47 Å². The summed E-state index contributed by atoms with van der Waals surface area (Å²) < 4.78 is 11.0. The molecule has 0 spiro atoms. The molecule has 2 saturated heterocycles. The maximum Gasteiger partial charge on any atom is 0.408 e. The van der Waals surface area contributed by atoms with E-state index < -0.39 is 47.3 Å². The Morgan fingerprint density at radius 2 is 1.29 bits per heavy atom. The van der Waals surface area contributed by atoms with Crippen LogP contribution >= 0.6 is 0 Å². The number of likely N-dealkylation sites (tertiary alicyclic amines) is 2. The Kier molecular flexibility index (Phi) is 15.2. The molecule has 348 valence electrons. The summed E-state index contributed by atoms with van der Waals surface area (Å²) in [5, 5.41) is 6.66. The highest BCUT2D eigenvalue weighted by molar-refractivity contribution is 5.99. The summed E-state index contributed by atoms with van der Waals surface area (Å²) in [6, 6.07) is 31.1. The average molecular weight is 898 g/mol. The van der Waals surface area contributed by atoms with Crippen molar-refractivity contribution < 1.29 is 38.2 Å². The van der Waals surface area contributed by atoms with Crippen LogP contribution in [0.15, 0.2) is 109 Å². The van der Waals surface area contributed by atoms with E-state index in [0.29, 0.717) is 55.6 Å². The minimum absolute atomic E-state index is 0. The Bertz CT molecular complexity index is 2520. The zero-order valence-electron chi connectivity index (χ0n) is 38.0. The van der Waals surface area contributed by atoms with Crippen molar-refractivity contribution in [2.75, 3.05) is 18.4 Å². The van der Waals surface area contributed by atoms with Gasteiger partial charge in [0.1, 0.15) is 23.3 Å². The van der Waals surface area contributed by atoms with Crippen molar-refractivity contribution in [2.45, 2.75) is 123 Å². The number of fused-ring (bicyclic) bond motifs is 1. The Balaban J connectivity index is 0.00000720. The van der Waals surface area contributed by atoms with E-state index in [2.05, 4.69) is 15.6 Å². The molecular weight excluding hydrogens is 835 g/mol. The van der Waals surface area contributed by atoms with Crippen molar-refractivity contribution in [1.29, 1.82) is 0 Å². The summed E-state index contributed by atoms with van der Waals surface area (Å²) in [6.45, 7) is 11.4. The van der Waals surface area contributed by atoms with Crippen LogP contribution in [0.4, 0.5) is 10.5 Å². The summed E-state index contributed by atoms with van der Waals surface area (Å²) in [4.78, 5) is 88.2. The highest BCUT2D eigenvalue weighted by Crippen LogP contribution is 2.32. The maximum absolute atomic E-state index is 14.1. The van der Waals surface area contributed by atoms with Crippen LogP contribution in [-0.2, 0) is 39.9 Å². The average Bonchev–Trinajstić information content (AvgIpc) is 4.05. The molecule has 5 aromatic rings.